The molecule has 0 spiro atoms. The Balaban J connectivity index is 1.85. The molecule has 2 fully saturated rings. The molecule has 0 aliphatic carbocycles. The van der Waals surface area contributed by atoms with E-state index in [1.54, 1.807) is 0 Å². The van der Waals surface area contributed by atoms with Crippen molar-refractivity contribution in [1.29, 1.82) is 0 Å². The summed E-state index contributed by atoms with van der Waals surface area (Å²) in [5, 5.41) is 12.6. The molecule has 19 heavy (non-hydrogen) atoms. The molecule has 2 rings (SSSR count). The molecule has 112 valence electrons. The lowest BCUT2D eigenvalue weighted by molar-refractivity contribution is 0.0432. The number of hydrogen-bond donors (Lipinski definition) is 2. The molecule has 2 aliphatic rings. The average molecular weight is 270 g/mol. The fourth-order valence-electron chi connectivity index (χ4n) is 3.47. The molecule has 2 unspecified atom stereocenters. The summed E-state index contributed by atoms with van der Waals surface area (Å²) in [5.74, 6) is 0.792. The Kier molecular flexibility index (Phi) is 6.04. The fraction of sp³-hybridized carbons (Fsp3) is 1.00. The minimum atomic E-state index is 0.286. The van der Waals surface area contributed by atoms with Gasteiger partial charge in [-0.2, -0.15) is 0 Å². The second-order valence-corrected chi connectivity index (χ2v) is 6.18. The second-order valence-electron chi connectivity index (χ2n) is 6.18. The van der Waals surface area contributed by atoms with Crippen LogP contribution in [-0.2, 0) is 0 Å². The van der Waals surface area contributed by atoms with Gasteiger partial charge in [0.05, 0.1) is 6.61 Å². The van der Waals surface area contributed by atoms with E-state index in [1.165, 1.54) is 19.5 Å². The lowest BCUT2D eigenvalue weighted by atomic mass is 9.90. The van der Waals surface area contributed by atoms with E-state index in [0.717, 1.165) is 45.2 Å². The molecule has 2 saturated heterocycles. The molecule has 5 heteroatoms. The third-order valence-corrected chi connectivity index (χ3v) is 4.48. The van der Waals surface area contributed by atoms with Gasteiger partial charge in [0.15, 0.2) is 0 Å². The molecule has 0 saturated carbocycles. The summed E-state index contributed by atoms with van der Waals surface area (Å²) in [6.45, 7) is 9.12. The highest BCUT2D eigenvalue weighted by atomic mass is 16.3. The third kappa shape index (κ3) is 4.39. The minimum Gasteiger partial charge on any atom is -0.395 e. The number of piperidine rings is 1. The Morgan fingerprint density at radius 1 is 1.21 bits per heavy atom. The van der Waals surface area contributed by atoms with Crippen LogP contribution in [0.5, 0.6) is 0 Å². The van der Waals surface area contributed by atoms with Gasteiger partial charge in [0.25, 0.3) is 0 Å². The molecule has 0 aromatic rings. The SMILES string of the molecule is CN(C)CC1CCNCC1N1CCN(CCO)CC1. The van der Waals surface area contributed by atoms with Gasteiger partial charge in [0.2, 0.25) is 0 Å². The quantitative estimate of drug-likeness (QED) is 0.680. The molecule has 5 nitrogen and oxygen atoms in total. The van der Waals surface area contributed by atoms with E-state index >= 15 is 0 Å². The number of aliphatic hydroxyl groups is 1. The monoisotopic (exact) mass is 270 g/mol. The second kappa shape index (κ2) is 7.55. The predicted octanol–water partition coefficient (Wildman–Crippen LogP) is -0.864. The van der Waals surface area contributed by atoms with Crippen LogP contribution in [0.25, 0.3) is 0 Å². The molecular formula is C14H30N4O. The first-order chi connectivity index (χ1) is 9.20. The standard InChI is InChI=1S/C14H30N4O/c1-16(2)12-13-3-4-15-11-14(13)18-7-5-17(6-8-18)9-10-19/h13-15,19H,3-12H2,1-2H3. The van der Waals surface area contributed by atoms with Crippen LogP contribution >= 0.6 is 0 Å². The van der Waals surface area contributed by atoms with Crippen molar-refractivity contribution >= 4 is 0 Å². The maximum atomic E-state index is 9.00. The van der Waals surface area contributed by atoms with Crippen molar-refractivity contribution in [3.63, 3.8) is 0 Å². The van der Waals surface area contributed by atoms with Gasteiger partial charge in [-0.1, -0.05) is 0 Å². The Labute approximate surface area is 117 Å². The third-order valence-electron chi connectivity index (χ3n) is 4.48. The van der Waals surface area contributed by atoms with Crippen LogP contribution in [0.15, 0.2) is 0 Å². The summed E-state index contributed by atoms with van der Waals surface area (Å²) < 4.78 is 0. The molecule has 2 heterocycles. The zero-order chi connectivity index (χ0) is 13.7. The number of hydrogen-bond acceptors (Lipinski definition) is 5. The van der Waals surface area contributed by atoms with Crippen molar-refractivity contribution in [2.24, 2.45) is 5.92 Å². The van der Waals surface area contributed by atoms with Gasteiger partial charge >= 0.3 is 0 Å². The molecule has 0 bridgehead atoms. The topological polar surface area (TPSA) is 42.0 Å². The first kappa shape index (κ1) is 15.2. The van der Waals surface area contributed by atoms with Crippen molar-refractivity contribution in [3.8, 4) is 0 Å². The maximum absolute atomic E-state index is 9.00. The first-order valence-corrected chi connectivity index (χ1v) is 7.63. The zero-order valence-electron chi connectivity index (χ0n) is 12.5. The number of β-amino-alcohol motifs (C(OH)–C–C–N with tert-alkyl or cyclic N) is 1. The van der Waals surface area contributed by atoms with Gasteiger partial charge in [-0.15, -0.1) is 0 Å². The average Bonchev–Trinajstić information content (AvgIpc) is 2.40. The molecule has 2 N–H and O–H groups in total. The lowest BCUT2D eigenvalue weighted by Crippen LogP contribution is -2.58. The van der Waals surface area contributed by atoms with Crippen LogP contribution in [0.3, 0.4) is 0 Å². The van der Waals surface area contributed by atoms with E-state index in [9.17, 15) is 0 Å². The van der Waals surface area contributed by atoms with Crippen molar-refractivity contribution in [1.82, 2.24) is 20.0 Å². The number of nitrogens with one attached hydrogen (secondary N) is 1. The van der Waals surface area contributed by atoms with Gasteiger partial charge in [-0.25, -0.2) is 0 Å². The van der Waals surface area contributed by atoms with E-state index in [4.69, 9.17) is 5.11 Å². The molecule has 0 radical (unpaired) electrons. The predicted molar refractivity (Wildman–Crippen MR) is 78.4 cm³/mol. The van der Waals surface area contributed by atoms with Gasteiger partial charge in [0, 0.05) is 51.9 Å². The Morgan fingerprint density at radius 3 is 2.58 bits per heavy atom. The number of aliphatic hydroxyl groups excluding tert-OH is 1. The number of nitrogens with zero attached hydrogens (tertiary/aromatic N) is 3. The molecule has 0 amide bonds. The van der Waals surface area contributed by atoms with E-state index in [0.29, 0.717) is 6.04 Å². The summed E-state index contributed by atoms with van der Waals surface area (Å²) in [7, 11) is 4.36. The van der Waals surface area contributed by atoms with E-state index in [1.807, 2.05) is 0 Å². The minimum absolute atomic E-state index is 0.286. The van der Waals surface area contributed by atoms with Gasteiger partial charge in [-0.3, -0.25) is 9.80 Å². The number of piperazine rings is 1. The maximum Gasteiger partial charge on any atom is 0.0558 e. The van der Waals surface area contributed by atoms with Gasteiger partial charge < -0.3 is 15.3 Å². The largest absolute Gasteiger partial charge is 0.395 e. The molecule has 0 aromatic heterocycles. The highest BCUT2D eigenvalue weighted by Gasteiger charge is 2.31. The summed E-state index contributed by atoms with van der Waals surface area (Å²) >= 11 is 0. The Morgan fingerprint density at radius 2 is 1.95 bits per heavy atom. The Hall–Kier alpha value is -0.200. The van der Waals surface area contributed by atoms with Crippen LogP contribution in [0.1, 0.15) is 6.42 Å². The fourth-order valence-corrected chi connectivity index (χ4v) is 3.47. The van der Waals surface area contributed by atoms with Crippen LogP contribution in [0.4, 0.5) is 0 Å². The zero-order valence-corrected chi connectivity index (χ0v) is 12.5. The summed E-state index contributed by atoms with van der Waals surface area (Å²) in [6, 6.07) is 0.687. The van der Waals surface area contributed by atoms with E-state index in [-0.39, 0.29) is 6.61 Å². The highest BCUT2D eigenvalue weighted by molar-refractivity contribution is 4.89. The first-order valence-electron chi connectivity index (χ1n) is 7.63. The molecule has 2 atom stereocenters. The van der Waals surface area contributed by atoms with Crippen molar-refractivity contribution in [2.45, 2.75) is 12.5 Å². The smallest absolute Gasteiger partial charge is 0.0558 e. The van der Waals surface area contributed by atoms with E-state index in [2.05, 4.69) is 34.1 Å². The van der Waals surface area contributed by atoms with E-state index < -0.39 is 0 Å². The lowest BCUT2D eigenvalue weighted by Gasteiger charge is -2.45. The van der Waals surface area contributed by atoms with Crippen molar-refractivity contribution < 1.29 is 5.11 Å². The normalized spacial score (nSPS) is 30.9. The molecule has 0 aromatic carbocycles. The van der Waals surface area contributed by atoms with Crippen LogP contribution in [0, 0.1) is 5.92 Å². The van der Waals surface area contributed by atoms with Crippen molar-refractivity contribution in [3.05, 3.63) is 0 Å². The summed E-state index contributed by atoms with van der Waals surface area (Å²) in [4.78, 5) is 7.35. The molecule has 2 aliphatic heterocycles. The molecular weight excluding hydrogens is 240 g/mol. The highest BCUT2D eigenvalue weighted by Crippen LogP contribution is 2.20. The number of rotatable bonds is 5. The van der Waals surface area contributed by atoms with Gasteiger partial charge in [-0.05, 0) is 33.0 Å². The summed E-state index contributed by atoms with van der Waals surface area (Å²) in [6.07, 6.45) is 1.29. The van der Waals surface area contributed by atoms with Crippen LogP contribution in [-0.4, -0.2) is 98.9 Å². The summed E-state index contributed by atoms with van der Waals surface area (Å²) in [5.41, 5.74) is 0. The van der Waals surface area contributed by atoms with Crippen LogP contribution < -0.4 is 5.32 Å². The van der Waals surface area contributed by atoms with Crippen LogP contribution in [0.2, 0.25) is 0 Å². The van der Waals surface area contributed by atoms with Gasteiger partial charge in [0.1, 0.15) is 0 Å². The van der Waals surface area contributed by atoms with Crippen molar-refractivity contribution in [2.75, 3.05) is 73.1 Å². The Bertz CT molecular complexity index is 254.